The summed E-state index contributed by atoms with van der Waals surface area (Å²) in [6.45, 7) is 6.08. The van der Waals surface area contributed by atoms with Gasteiger partial charge in [-0.25, -0.2) is 8.42 Å². The Bertz CT molecular complexity index is 940. The lowest BCUT2D eigenvalue weighted by molar-refractivity contribution is -0.122. The maximum absolute atomic E-state index is 12.8. The molecule has 29 heavy (non-hydrogen) atoms. The Labute approximate surface area is 179 Å². The number of benzene rings is 2. The maximum atomic E-state index is 12.8. The molecule has 1 amide bonds. The summed E-state index contributed by atoms with van der Waals surface area (Å²) < 4.78 is 26.3. The van der Waals surface area contributed by atoms with Gasteiger partial charge in [-0.15, -0.1) is 0 Å². The van der Waals surface area contributed by atoms with Crippen LogP contribution in [0.3, 0.4) is 0 Å². The standard InChI is InChI=1S/C22H29ClN2O3S/c1-5-21(22(26)24-12-8-10-18-9-6-7-11-20(18)23)25(29(4,27)28)19-14-16(2)13-17(3)15-19/h6-7,9,11,13-15,21H,5,8,10,12H2,1-4H3,(H,24,26)/t21-/m1/s1. The van der Waals surface area contributed by atoms with E-state index in [1.54, 1.807) is 12.1 Å². The third-order valence-corrected chi connectivity index (χ3v) is 6.22. The van der Waals surface area contributed by atoms with Crippen LogP contribution in [0.1, 0.15) is 36.5 Å². The Morgan fingerprint density at radius 3 is 2.31 bits per heavy atom. The van der Waals surface area contributed by atoms with Gasteiger partial charge in [-0.2, -0.15) is 0 Å². The van der Waals surface area contributed by atoms with Crippen LogP contribution in [0.5, 0.6) is 0 Å². The van der Waals surface area contributed by atoms with Crippen molar-refractivity contribution >= 4 is 33.2 Å². The predicted octanol–water partition coefficient (Wildman–Crippen LogP) is 4.25. The first-order chi connectivity index (χ1) is 13.6. The van der Waals surface area contributed by atoms with E-state index in [1.807, 2.05) is 51.1 Å². The van der Waals surface area contributed by atoms with E-state index in [2.05, 4.69) is 5.32 Å². The molecule has 0 saturated carbocycles. The van der Waals surface area contributed by atoms with Crippen molar-refractivity contribution in [3.05, 3.63) is 64.2 Å². The summed E-state index contributed by atoms with van der Waals surface area (Å²) in [5, 5.41) is 3.60. The second-order valence-corrected chi connectivity index (χ2v) is 9.58. The molecule has 1 N–H and O–H groups in total. The number of aryl methyl sites for hydroxylation is 3. The average molecular weight is 437 g/mol. The number of hydrogen-bond donors (Lipinski definition) is 1. The quantitative estimate of drug-likeness (QED) is 0.597. The van der Waals surface area contributed by atoms with Crippen LogP contribution in [0, 0.1) is 13.8 Å². The number of hydrogen-bond acceptors (Lipinski definition) is 3. The first kappa shape index (κ1) is 23.2. The molecule has 5 nitrogen and oxygen atoms in total. The van der Waals surface area contributed by atoms with Crippen LogP contribution in [0.15, 0.2) is 42.5 Å². The monoisotopic (exact) mass is 436 g/mol. The van der Waals surface area contributed by atoms with E-state index < -0.39 is 16.1 Å². The zero-order valence-electron chi connectivity index (χ0n) is 17.4. The lowest BCUT2D eigenvalue weighted by Gasteiger charge is -2.30. The van der Waals surface area contributed by atoms with E-state index in [-0.39, 0.29) is 5.91 Å². The van der Waals surface area contributed by atoms with Crippen LogP contribution < -0.4 is 9.62 Å². The van der Waals surface area contributed by atoms with Crippen LogP contribution in [0.25, 0.3) is 0 Å². The van der Waals surface area contributed by atoms with Gasteiger partial charge in [0.05, 0.1) is 11.9 Å². The Morgan fingerprint density at radius 2 is 1.76 bits per heavy atom. The summed E-state index contributed by atoms with van der Waals surface area (Å²) in [5.41, 5.74) is 3.44. The van der Waals surface area contributed by atoms with Crippen molar-refractivity contribution < 1.29 is 13.2 Å². The second kappa shape index (κ2) is 10.1. The molecule has 158 valence electrons. The van der Waals surface area contributed by atoms with E-state index in [9.17, 15) is 13.2 Å². The molecule has 0 heterocycles. The van der Waals surface area contributed by atoms with Gasteiger partial charge in [0.15, 0.2) is 0 Å². The lowest BCUT2D eigenvalue weighted by Crippen LogP contribution is -2.49. The third kappa shape index (κ3) is 6.47. The SMILES string of the molecule is CC[C@H](C(=O)NCCCc1ccccc1Cl)N(c1cc(C)cc(C)c1)S(C)(=O)=O. The van der Waals surface area contributed by atoms with E-state index in [0.29, 0.717) is 30.1 Å². The summed E-state index contributed by atoms with van der Waals surface area (Å²) in [7, 11) is -3.63. The third-order valence-electron chi connectivity index (χ3n) is 4.67. The fraction of sp³-hybridized carbons (Fsp3) is 0.409. The van der Waals surface area contributed by atoms with Gasteiger partial charge in [-0.3, -0.25) is 9.10 Å². The number of sulfonamides is 1. The highest BCUT2D eigenvalue weighted by molar-refractivity contribution is 7.92. The van der Waals surface area contributed by atoms with E-state index in [0.717, 1.165) is 29.4 Å². The number of carbonyl (C=O) groups excluding carboxylic acids is 1. The van der Waals surface area contributed by atoms with Crippen molar-refractivity contribution in [2.75, 3.05) is 17.1 Å². The maximum Gasteiger partial charge on any atom is 0.243 e. The second-order valence-electron chi connectivity index (χ2n) is 7.31. The molecule has 0 aliphatic carbocycles. The Kier molecular flexibility index (Phi) is 8.11. The van der Waals surface area contributed by atoms with Gasteiger partial charge in [-0.05, 0) is 68.0 Å². The topological polar surface area (TPSA) is 66.5 Å². The summed E-state index contributed by atoms with van der Waals surface area (Å²) in [5.74, 6) is -0.295. The van der Waals surface area contributed by atoms with Gasteiger partial charge in [-0.1, -0.05) is 42.8 Å². The van der Waals surface area contributed by atoms with E-state index >= 15 is 0 Å². The van der Waals surface area contributed by atoms with Crippen LogP contribution in [0.2, 0.25) is 5.02 Å². The normalized spacial score (nSPS) is 12.4. The zero-order valence-corrected chi connectivity index (χ0v) is 19.0. The minimum Gasteiger partial charge on any atom is -0.354 e. The molecule has 0 aliphatic rings. The van der Waals surface area contributed by atoms with Crippen molar-refractivity contribution in [3.8, 4) is 0 Å². The molecule has 0 saturated heterocycles. The number of halogens is 1. The Balaban J connectivity index is 2.11. The number of carbonyl (C=O) groups is 1. The minimum absolute atomic E-state index is 0.295. The first-order valence-electron chi connectivity index (χ1n) is 9.72. The molecular weight excluding hydrogens is 408 g/mol. The van der Waals surface area contributed by atoms with Gasteiger partial charge in [0, 0.05) is 11.6 Å². The van der Waals surface area contributed by atoms with Crippen LogP contribution in [-0.2, 0) is 21.2 Å². The summed E-state index contributed by atoms with van der Waals surface area (Å²) >= 11 is 6.16. The van der Waals surface area contributed by atoms with Crippen molar-refractivity contribution in [1.82, 2.24) is 5.32 Å². The fourth-order valence-electron chi connectivity index (χ4n) is 3.45. The number of amides is 1. The minimum atomic E-state index is -3.63. The molecule has 1 atom stereocenters. The molecule has 0 aliphatic heterocycles. The number of nitrogens with zero attached hydrogens (tertiary/aromatic N) is 1. The number of nitrogens with one attached hydrogen (secondary N) is 1. The Hall–Kier alpha value is -2.05. The summed E-state index contributed by atoms with van der Waals surface area (Å²) in [6, 6.07) is 12.4. The molecule has 0 bridgehead atoms. The summed E-state index contributed by atoms with van der Waals surface area (Å²) in [6.07, 6.45) is 2.96. The van der Waals surface area contributed by atoms with E-state index in [1.165, 1.54) is 4.31 Å². The first-order valence-corrected chi connectivity index (χ1v) is 11.9. The number of rotatable bonds is 9. The van der Waals surface area contributed by atoms with Gasteiger partial charge >= 0.3 is 0 Å². The smallest absolute Gasteiger partial charge is 0.243 e. The molecule has 0 radical (unpaired) electrons. The Morgan fingerprint density at radius 1 is 1.14 bits per heavy atom. The highest BCUT2D eigenvalue weighted by Crippen LogP contribution is 2.25. The molecule has 7 heteroatoms. The molecular formula is C22H29ClN2O3S. The highest BCUT2D eigenvalue weighted by Gasteiger charge is 2.31. The van der Waals surface area contributed by atoms with Gasteiger partial charge in [0.1, 0.15) is 6.04 Å². The van der Waals surface area contributed by atoms with Crippen molar-refractivity contribution in [2.45, 2.75) is 46.1 Å². The molecule has 0 unspecified atom stereocenters. The summed E-state index contributed by atoms with van der Waals surface area (Å²) in [4.78, 5) is 12.8. The lowest BCUT2D eigenvalue weighted by atomic mass is 10.1. The van der Waals surface area contributed by atoms with Crippen LogP contribution in [-0.4, -0.2) is 33.2 Å². The molecule has 2 aromatic carbocycles. The largest absolute Gasteiger partial charge is 0.354 e. The molecule has 0 aromatic heterocycles. The average Bonchev–Trinajstić information content (AvgIpc) is 2.62. The zero-order chi connectivity index (χ0) is 21.6. The number of anilines is 1. The fourth-order valence-corrected chi connectivity index (χ4v) is 4.87. The predicted molar refractivity (Wildman–Crippen MR) is 120 cm³/mol. The molecule has 0 spiro atoms. The molecule has 2 aromatic rings. The van der Waals surface area contributed by atoms with Gasteiger partial charge in [0.25, 0.3) is 0 Å². The van der Waals surface area contributed by atoms with Crippen molar-refractivity contribution in [2.24, 2.45) is 0 Å². The molecule has 2 rings (SSSR count). The van der Waals surface area contributed by atoms with Gasteiger partial charge in [0.2, 0.25) is 15.9 Å². The van der Waals surface area contributed by atoms with Crippen molar-refractivity contribution in [3.63, 3.8) is 0 Å². The molecule has 0 fully saturated rings. The van der Waals surface area contributed by atoms with Gasteiger partial charge < -0.3 is 5.32 Å². The highest BCUT2D eigenvalue weighted by atomic mass is 35.5. The van der Waals surface area contributed by atoms with Crippen LogP contribution in [0.4, 0.5) is 5.69 Å². The van der Waals surface area contributed by atoms with Crippen LogP contribution >= 0.6 is 11.6 Å². The van der Waals surface area contributed by atoms with E-state index in [4.69, 9.17) is 11.6 Å². The van der Waals surface area contributed by atoms with Crippen molar-refractivity contribution in [1.29, 1.82) is 0 Å².